The lowest BCUT2D eigenvalue weighted by atomic mass is 9.43. The second-order valence-corrected chi connectivity index (χ2v) is 11.6. The average Bonchev–Trinajstić information content (AvgIpc) is 3.00. The van der Waals surface area contributed by atoms with E-state index in [2.05, 4.69) is 20.8 Å². The van der Waals surface area contributed by atoms with Gasteiger partial charge in [0, 0.05) is 6.42 Å². The first-order valence-electron chi connectivity index (χ1n) is 12.0. The lowest BCUT2D eigenvalue weighted by Crippen LogP contribution is -2.58. The molecular formula is C25H42O3. The lowest BCUT2D eigenvalue weighted by molar-refractivity contribution is -0.174. The fraction of sp³-hybridized carbons (Fsp3) is 0.960. The molecule has 0 saturated heterocycles. The second kappa shape index (κ2) is 7.38. The number of carbonyl (C=O) groups excluding carboxylic acids is 1. The second-order valence-electron chi connectivity index (χ2n) is 11.6. The van der Waals surface area contributed by atoms with Crippen molar-refractivity contribution in [1.82, 2.24) is 0 Å². The van der Waals surface area contributed by atoms with E-state index in [1.165, 1.54) is 25.7 Å². The Bertz CT molecular complexity index is 603. The van der Waals surface area contributed by atoms with Crippen LogP contribution in [0.1, 0.15) is 91.9 Å². The van der Waals surface area contributed by atoms with E-state index in [1.807, 2.05) is 0 Å². The highest BCUT2D eigenvalue weighted by molar-refractivity contribution is 5.75. The summed E-state index contributed by atoms with van der Waals surface area (Å²) in [6.45, 7) is 8.89. The smallest absolute Gasteiger partial charge is 0.129 e. The minimum Gasteiger partial charge on any atom is -0.393 e. The number of rotatable bonds is 4. The molecule has 28 heavy (non-hydrogen) atoms. The maximum absolute atomic E-state index is 11.5. The molecule has 0 aliphatic heterocycles. The molecule has 4 aliphatic carbocycles. The molecule has 0 amide bonds. The van der Waals surface area contributed by atoms with Gasteiger partial charge in [-0.2, -0.15) is 0 Å². The van der Waals surface area contributed by atoms with E-state index in [0.29, 0.717) is 47.2 Å². The van der Waals surface area contributed by atoms with Crippen molar-refractivity contribution in [2.24, 2.45) is 46.3 Å². The Morgan fingerprint density at radius 2 is 1.79 bits per heavy atom. The molecule has 0 aromatic carbocycles. The Hall–Kier alpha value is -0.410. The van der Waals surface area contributed by atoms with Crippen LogP contribution in [-0.2, 0) is 4.79 Å². The van der Waals surface area contributed by atoms with Crippen LogP contribution in [0.5, 0.6) is 0 Å². The highest BCUT2D eigenvalue weighted by Gasteiger charge is 2.63. The number of aliphatic hydroxyl groups excluding tert-OH is 2. The van der Waals surface area contributed by atoms with Crippen molar-refractivity contribution in [2.45, 2.75) is 104 Å². The molecule has 2 N–H and O–H groups in total. The van der Waals surface area contributed by atoms with Gasteiger partial charge in [0.2, 0.25) is 0 Å². The van der Waals surface area contributed by atoms with Crippen molar-refractivity contribution in [2.75, 3.05) is 0 Å². The van der Waals surface area contributed by atoms with Crippen molar-refractivity contribution in [3.8, 4) is 0 Å². The first-order valence-corrected chi connectivity index (χ1v) is 12.0. The molecule has 4 rings (SSSR count). The van der Waals surface area contributed by atoms with Gasteiger partial charge in [-0.25, -0.2) is 0 Å². The number of hydrogen-bond acceptors (Lipinski definition) is 3. The number of carbonyl (C=O) groups is 1. The van der Waals surface area contributed by atoms with E-state index in [9.17, 15) is 15.0 Å². The van der Waals surface area contributed by atoms with Crippen molar-refractivity contribution >= 4 is 5.78 Å². The van der Waals surface area contributed by atoms with Crippen LogP contribution in [0.15, 0.2) is 0 Å². The third-order valence-electron chi connectivity index (χ3n) is 10.5. The normalized spacial score (nSPS) is 51.7. The summed E-state index contributed by atoms with van der Waals surface area (Å²) >= 11 is 0. The van der Waals surface area contributed by atoms with Crippen LogP contribution in [0.4, 0.5) is 0 Å². The highest BCUT2D eigenvalue weighted by atomic mass is 16.3. The molecule has 4 saturated carbocycles. The third-order valence-corrected chi connectivity index (χ3v) is 10.5. The molecule has 10 atom stereocenters. The standard InChI is InChI=1S/C25H42O3/c1-15(5-6-16(2)26)20-9-10-21-19-8-7-17-13-18(27)11-12-24(17,3)22(19)14-23(28)25(20,21)4/h15,17-23,27-28H,5-14H2,1-4H3/t15?,17?,18-,19?,20?,21?,22?,23+,24+,25-/m1/s1. The minimum absolute atomic E-state index is 0.0226. The predicted octanol–water partition coefficient (Wildman–Crippen LogP) is 4.98. The van der Waals surface area contributed by atoms with Gasteiger partial charge in [0.25, 0.3) is 0 Å². The molecule has 4 fully saturated rings. The maximum Gasteiger partial charge on any atom is 0.129 e. The van der Waals surface area contributed by atoms with Crippen LogP contribution in [0.2, 0.25) is 0 Å². The number of aliphatic hydroxyl groups is 2. The number of fused-ring (bicyclic) bond motifs is 5. The molecule has 0 radical (unpaired) electrons. The topological polar surface area (TPSA) is 57.5 Å². The van der Waals surface area contributed by atoms with Gasteiger partial charge in [0.1, 0.15) is 5.78 Å². The SMILES string of the molecule is CC(=O)CCC(C)C1CCC2C3CCC4C[C@H](O)CC[C@]4(C)C3C[C@H](O)[C@]12C. The summed E-state index contributed by atoms with van der Waals surface area (Å²) in [5.41, 5.74) is 0.331. The summed E-state index contributed by atoms with van der Waals surface area (Å²) in [5.74, 6) is 4.00. The van der Waals surface area contributed by atoms with Gasteiger partial charge < -0.3 is 15.0 Å². The molecule has 0 spiro atoms. The van der Waals surface area contributed by atoms with Crippen LogP contribution >= 0.6 is 0 Å². The number of hydrogen-bond donors (Lipinski definition) is 2. The zero-order valence-electron chi connectivity index (χ0n) is 18.5. The van der Waals surface area contributed by atoms with E-state index in [0.717, 1.165) is 38.0 Å². The maximum atomic E-state index is 11.5. The van der Waals surface area contributed by atoms with Gasteiger partial charge in [-0.05, 0) is 111 Å². The largest absolute Gasteiger partial charge is 0.393 e. The summed E-state index contributed by atoms with van der Waals surface area (Å²) in [7, 11) is 0. The van der Waals surface area contributed by atoms with Crippen molar-refractivity contribution < 1.29 is 15.0 Å². The first kappa shape index (κ1) is 20.8. The van der Waals surface area contributed by atoms with Gasteiger partial charge >= 0.3 is 0 Å². The van der Waals surface area contributed by atoms with Gasteiger partial charge in [-0.3, -0.25) is 0 Å². The number of ketones is 1. The lowest BCUT2D eigenvalue weighted by Gasteiger charge is -2.62. The fourth-order valence-electron chi connectivity index (χ4n) is 8.79. The van der Waals surface area contributed by atoms with Crippen LogP contribution in [0.3, 0.4) is 0 Å². The van der Waals surface area contributed by atoms with Gasteiger partial charge in [0.15, 0.2) is 0 Å². The van der Waals surface area contributed by atoms with E-state index < -0.39 is 0 Å². The van der Waals surface area contributed by atoms with E-state index in [-0.39, 0.29) is 17.6 Å². The van der Waals surface area contributed by atoms with Gasteiger partial charge in [-0.15, -0.1) is 0 Å². The summed E-state index contributed by atoms with van der Waals surface area (Å²) in [6.07, 6.45) is 10.4. The molecule has 0 aromatic rings. The minimum atomic E-state index is -0.214. The van der Waals surface area contributed by atoms with E-state index >= 15 is 0 Å². The quantitative estimate of drug-likeness (QED) is 0.711. The molecule has 0 bridgehead atoms. The Labute approximate surface area is 171 Å². The number of Topliss-reactive ketones (excluding diaryl/α,β-unsaturated/α-hetero) is 1. The van der Waals surface area contributed by atoms with Crippen LogP contribution < -0.4 is 0 Å². The fourth-order valence-corrected chi connectivity index (χ4v) is 8.79. The van der Waals surface area contributed by atoms with Crippen LogP contribution in [0, 0.1) is 46.3 Å². The Kier molecular flexibility index (Phi) is 5.49. The van der Waals surface area contributed by atoms with Gasteiger partial charge in [0.05, 0.1) is 12.2 Å². The molecular weight excluding hydrogens is 348 g/mol. The molecule has 0 aromatic heterocycles. The van der Waals surface area contributed by atoms with Crippen LogP contribution in [-0.4, -0.2) is 28.2 Å². The summed E-state index contributed by atoms with van der Waals surface area (Å²) < 4.78 is 0. The van der Waals surface area contributed by atoms with Crippen molar-refractivity contribution in [3.05, 3.63) is 0 Å². The Balaban J connectivity index is 1.56. The average molecular weight is 391 g/mol. The third kappa shape index (κ3) is 3.11. The zero-order valence-corrected chi connectivity index (χ0v) is 18.5. The van der Waals surface area contributed by atoms with E-state index in [4.69, 9.17) is 0 Å². The summed E-state index contributed by atoms with van der Waals surface area (Å²) in [4.78, 5) is 11.5. The molecule has 160 valence electrons. The molecule has 3 nitrogen and oxygen atoms in total. The zero-order chi connectivity index (χ0) is 20.3. The summed E-state index contributed by atoms with van der Waals surface area (Å²) in [6, 6.07) is 0. The molecule has 0 heterocycles. The first-order chi connectivity index (χ1) is 13.2. The van der Waals surface area contributed by atoms with E-state index in [1.54, 1.807) is 6.92 Å². The van der Waals surface area contributed by atoms with Crippen molar-refractivity contribution in [1.29, 1.82) is 0 Å². The Morgan fingerprint density at radius 3 is 2.50 bits per heavy atom. The molecule has 6 unspecified atom stereocenters. The monoisotopic (exact) mass is 390 g/mol. The predicted molar refractivity (Wildman–Crippen MR) is 112 cm³/mol. The highest BCUT2D eigenvalue weighted by Crippen LogP contribution is 2.68. The molecule has 4 aliphatic rings. The van der Waals surface area contributed by atoms with Crippen molar-refractivity contribution in [3.63, 3.8) is 0 Å². The molecule has 3 heteroatoms. The Morgan fingerprint density at radius 1 is 1.04 bits per heavy atom. The van der Waals surface area contributed by atoms with Crippen LogP contribution in [0.25, 0.3) is 0 Å². The summed E-state index contributed by atoms with van der Waals surface area (Å²) in [5, 5.41) is 21.7. The van der Waals surface area contributed by atoms with Gasteiger partial charge in [-0.1, -0.05) is 20.8 Å².